The Hall–Kier alpha value is -2.10. The predicted octanol–water partition coefficient (Wildman–Crippen LogP) is 3.52. The molecule has 36 heavy (non-hydrogen) atoms. The quantitative estimate of drug-likeness (QED) is 0.240. The number of imide groups is 2. The maximum absolute atomic E-state index is 13.7. The molecule has 8 nitrogen and oxygen atoms in total. The van der Waals surface area contributed by atoms with E-state index >= 15 is 0 Å². The number of hydrogen-bond donors (Lipinski definition) is 1. The second-order valence-electron chi connectivity index (χ2n) is 9.53. The molecule has 6 unspecified atom stereocenters. The van der Waals surface area contributed by atoms with E-state index in [0.29, 0.717) is 12.2 Å². The van der Waals surface area contributed by atoms with Crippen LogP contribution in [-0.4, -0.2) is 66.9 Å². The van der Waals surface area contributed by atoms with Crippen molar-refractivity contribution in [1.29, 1.82) is 0 Å². The maximum atomic E-state index is 13.7. The minimum Gasteiger partial charge on any atom is -0.504 e. The number of fused-ring (bicyclic) bond motifs is 4. The van der Waals surface area contributed by atoms with Gasteiger partial charge in [-0.25, -0.2) is 0 Å². The van der Waals surface area contributed by atoms with Gasteiger partial charge in [0.05, 0.1) is 23.9 Å². The fraction of sp³-hybridized carbons (Fsp3) is 0.520. The van der Waals surface area contributed by atoms with Crippen LogP contribution in [0.15, 0.2) is 29.8 Å². The standard InChI is InChI=1S/C25H25BrCl2N2O6/c1-3-29-20(32)13-9-8-12-15(17(13)21(29)33)10-24(27)22(34)30(11-26)23(35)25(24,28)18(12)14-6-5-7-16(19(14)31)36-4-2/h5-8,13,15,17-18,31H,3-4,9-11H2,1-2H3. The molecule has 4 aliphatic rings. The Bertz CT molecular complexity index is 1220. The molecule has 1 aromatic rings. The zero-order chi connectivity index (χ0) is 26.2. The van der Waals surface area contributed by atoms with E-state index in [0.717, 1.165) is 4.90 Å². The number of nitrogens with zero attached hydrogens (tertiary/aromatic N) is 2. The van der Waals surface area contributed by atoms with Crippen molar-refractivity contribution in [3.63, 3.8) is 0 Å². The molecule has 0 aromatic heterocycles. The first-order valence-electron chi connectivity index (χ1n) is 11.9. The van der Waals surface area contributed by atoms with Crippen LogP contribution in [0.2, 0.25) is 0 Å². The van der Waals surface area contributed by atoms with Gasteiger partial charge in [0, 0.05) is 18.0 Å². The Morgan fingerprint density at radius 1 is 1.08 bits per heavy atom. The van der Waals surface area contributed by atoms with Gasteiger partial charge in [-0.15, -0.1) is 23.2 Å². The van der Waals surface area contributed by atoms with Crippen molar-refractivity contribution in [1.82, 2.24) is 9.80 Å². The molecule has 2 heterocycles. The molecule has 1 saturated carbocycles. The molecule has 11 heteroatoms. The van der Waals surface area contributed by atoms with Gasteiger partial charge in [0.15, 0.2) is 21.2 Å². The second-order valence-corrected chi connectivity index (χ2v) is 11.3. The van der Waals surface area contributed by atoms with E-state index in [1.54, 1.807) is 32.0 Å². The van der Waals surface area contributed by atoms with E-state index in [2.05, 4.69) is 15.9 Å². The number of carbonyl (C=O) groups is 4. The van der Waals surface area contributed by atoms with Gasteiger partial charge in [0.1, 0.15) is 0 Å². The molecule has 2 saturated heterocycles. The molecule has 2 aliphatic carbocycles. The van der Waals surface area contributed by atoms with E-state index in [9.17, 15) is 24.3 Å². The highest BCUT2D eigenvalue weighted by Crippen LogP contribution is 2.66. The van der Waals surface area contributed by atoms with E-state index in [1.165, 1.54) is 4.90 Å². The van der Waals surface area contributed by atoms with Gasteiger partial charge in [-0.3, -0.25) is 29.0 Å². The predicted molar refractivity (Wildman–Crippen MR) is 135 cm³/mol. The maximum Gasteiger partial charge on any atom is 0.254 e. The number of hydrogen-bond acceptors (Lipinski definition) is 6. The highest BCUT2D eigenvalue weighted by molar-refractivity contribution is 9.09. The summed E-state index contributed by atoms with van der Waals surface area (Å²) in [6.07, 6.45) is 2.04. The highest BCUT2D eigenvalue weighted by atomic mass is 79.9. The Morgan fingerprint density at radius 3 is 2.44 bits per heavy atom. The number of allylic oxidation sites excluding steroid dienone is 2. The zero-order valence-corrected chi connectivity index (χ0v) is 22.8. The normalized spacial score (nSPS) is 35.5. The summed E-state index contributed by atoms with van der Waals surface area (Å²) in [4.78, 5) is 52.0. The Kier molecular flexibility index (Phi) is 6.20. The average molecular weight is 600 g/mol. The van der Waals surface area contributed by atoms with Crippen LogP contribution in [0.25, 0.3) is 0 Å². The molecule has 0 radical (unpaired) electrons. The molecule has 5 rings (SSSR count). The van der Waals surface area contributed by atoms with Gasteiger partial charge in [-0.2, -0.15) is 0 Å². The first-order valence-corrected chi connectivity index (χ1v) is 13.8. The number of amides is 4. The number of halogens is 3. The highest BCUT2D eigenvalue weighted by Gasteiger charge is 2.76. The van der Waals surface area contributed by atoms with Crippen LogP contribution >= 0.6 is 39.1 Å². The van der Waals surface area contributed by atoms with Gasteiger partial charge < -0.3 is 9.84 Å². The van der Waals surface area contributed by atoms with Crippen molar-refractivity contribution < 1.29 is 29.0 Å². The van der Waals surface area contributed by atoms with E-state index in [1.807, 2.05) is 6.08 Å². The monoisotopic (exact) mass is 598 g/mol. The lowest BCUT2D eigenvalue weighted by Crippen LogP contribution is -2.60. The van der Waals surface area contributed by atoms with Crippen molar-refractivity contribution in [3.8, 4) is 11.5 Å². The summed E-state index contributed by atoms with van der Waals surface area (Å²) in [5.41, 5.74) is 0.794. The summed E-state index contributed by atoms with van der Waals surface area (Å²) >= 11 is 17.5. The Balaban J connectivity index is 1.75. The molecule has 1 N–H and O–H groups in total. The van der Waals surface area contributed by atoms with Gasteiger partial charge in [0.2, 0.25) is 11.8 Å². The van der Waals surface area contributed by atoms with Crippen LogP contribution in [0.5, 0.6) is 11.5 Å². The molecule has 6 atom stereocenters. The number of alkyl halides is 3. The van der Waals surface area contributed by atoms with Crippen LogP contribution in [0.4, 0.5) is 0 Å². The summed E-state index contributed by atoms with van der Waals surface area (Å²) in [5.74, 6) is -4.88. The summed E-state index contributed by atoms with van der Waals surface area (Å²) in [5, 5.41) is 11.2. The Morgan fingerprint density at radius 2 is 1.81 bits per heavy atom. The molecular weight excluding hydrogens is 575 g/mol. The van der Waals surface area contributed by atoms with Crippen LogP contribution < -0.4 is 4.74 Å². The largest absolute Gasteiger partial charge is 0.504 e. The number of phenols is 1. The minimum absolute atomic E-state index is 0.0852. The molecular formula is C25H25BrCl2N2O6. The number of aromatic hydroxyl groups is 1. The smallest absolute Gasteiger partial charge is 0.254 e. The zero-order valence-electron chi connectivity index (χ0n) is 19.7. The molecule has 0 spiro atoms. The van der Waals surface area contributed by atoms with Crippen LogP contribution in [0.1, 0.15) is 38.2 Å². The molecule has 192 valence electrons. The lowest BCUT2D eigenvalue weighted by molar-refractivity contribution is -0.141. The number of likely N-dealkylation sites (tertiary alicyclic amines) is 2. The number of phenolic OH excluding ortho intramolecular Hbond substituents is 1. The third kappa shape index (κ3) is 3.05. The number of ether oxygens (including phenoxy) is 1. The summed E-state index contributed by atoms with van der Waals surface area (Å²) in [6, 6.07) is 4.87. The van der Waals surface area contributed by atoms with Gasteiger partial charge in [-0.05, 0) is 38.7 Å². The van der Waals surface area contributed by atoms with Crippen LogP contribution in [0.3, 0.4) is 0 Å². The van der Waals surface area contributed by atoms with Crippen molar-refractivity contribution in [2.45, 2.75) is 42.4 Å². The first-order chi connectivity index (χ1) is 17.1. The topological polar surface area (TPSA) is 104 Å². The molecule has 0 bridgehead atoms. The number of carbonyl (C=O) groups excluding carboxylic acids is 4. The first kappa shape index (κ1) is 25.5. The van der Waals surface area contributed by atoms with Gasteiger partial charge >= 0.3 is 0 Å². The number of para-hydroxylation sites is 1. The minimum atomic E-state index is -1.97. The molecule has 2 aliphatic heterocycles. The van der Waals surface area contributed by atoms with Gasteiger partial charge in [0.25, 0.3) is 11.8 Å². The number of rotatable bonds is 5. The van der Waals surface area contributed by atoms with E-state index in [-0.39, 0.29) is 53.7 Å². The molecule has 1 aromatic carbocycles. The van der Waals surface area contributed by atoms with E-state index < -0.39 is 45.2 Å². The molecule has 3 fully saturated rings. The van der Waals surface area contributed by atoms with Crippen molar-refractivity contribution in [3.05, 3.63) is 35.4 Å². The fourth-order valence-electron chi connectivity index (χ4n) is 6.52. The summed E-state index contributed by atoms with van der Waals surface area (Å²) in [7, 11) is 0. The van der Waals surface area contributed by atoms with Crippen molar-refractivity contribution in [2.75, 3.05) is 18.6 Å². The van der Waals surface area contributed by atoms with E-state index in [4.69, 9.17) is 27.9 Å². The number of benzene rings is 1. The van der Waals surface area contributed by atoms with Crippen LogP contribution in [-0.2, 0) is 19.2 Å². The summed E-state index contributed by atoms with van der Waals surface area (Å²) < 4.78 is 5.57. The third-order valence-corrected chi connectivity index (χ3v) is 9.98. The SMILES string of the molecule is CCOc1cccc(C2C3=CCC4C(=O)N(CC)C(=O)C4C3CC3(Cl)C(=O)N(CBr)C(=O)C23Cl)c1O. The third-order valence-electron chi connectivity index (χ3n) is 8.06. The molecule has 4 amide bonds. The average Bonchev–Trinajstić information content (AvgIpc) is 3.18. The lowest BCUT2D eigenvalue weighted by atomic mass is 9.56. The van der Waals surface area contributed by atoms with Crippen molar-refractivity contribution in [2.24, 2.45) is 17.8 Å². The van der Waals surface area contributed by atoms with Gasteiger partial charge in [-0.1, -0.05) is 39.7 Å². The van der Waals surface area contributed by atoms with Crippen LogP contribution in [0, 0.1) is 17.8 Å². The lowest BCUT2D eigenvalue weighted by Gasteiger charge is -2.50. The second kappa shape index (κ2) is 8.74. The Labute approximate surface area is 226 Å². The fourth-order valence-corrected chi connectivity index (χ4v) is 7.94. The van der Waals surface area contributed by atoms with Crippen molar-refractivity contribution >= 4 is 62.8 Å². The summed E-state index contributed by atoms with van der Waals surface area (Å²) in [6.45, 7) is 4.05.